The molecule has 10 heteroatoms. The van der Waals surface area contributed by atoms with Gasteiger partial charge in [0.2, 0.25) is 0 Å². The first-order valence-corrected chi connectivity index (χ1v) is 11.8. The number of nitrogens with one attached hydrogen (secondary N) is 1. The van der Waals surface area contributed by atoms with Crippen molar-refractivity contribution < 1.29 is 36.3 Å². The van der Waals surface area contributed by atoms with Gasteiger partial charge in [-0.2, -0.15) is 0 Å². The fourth-order valence-corrected chi connectivity index (χ4v) is 7.29. The third kappa shape index (κ3) is 4.52. The van der Waals surface area contributed by atoms with Gasteiger partial charge in [0.1, 0.15) is 0 Å². The number of carbonyl (C=O) groups is 2. The smallest absolute Gasteiger partial charge is 0.328 e. The zero-order valence-electron chi connectivity index (χ0n) is 17.2. The van der Waals surface area contributed by atoms with E-state index in [4.69, 9.17) is 5.11 Å². The van der Waals surface area contributed by atoms with E-state index in [1.54, 1.807) is 0 Å². The third-order valence-electron chi connectivity index (χ3n) is 6.24. The lowest BCUT2D eigenvalue weighted by molar-refractivity contribution is -0.131. The molecule has 0 saturated heterocycles. The molecule has 174 valence electrons. The molecule has 2 bridgehead atoms. The molecule has 4 rings (SSSR count). The van der Waals surface area contributed by atoms with Crippen molar-refractivity contribution in [1.29, 1.82) is 0 Å². The first-order valence-electron chi connectivity index (χ1n) is 10.3. The van der Waals surface area contributed by atoms with Crippen LogP contribution < -0.4 is 5.32 Å². The highest BCUT2D eigenvalue weighted by atomic mass is 32.2. The summed E-state index contributed by atoms with van der Waals surface area (Å²) in [4.78, 5) is 23.5. The monoisotopic (exact) mass is 479 g/mol. The molecule has 0 aliphatic heterocycles. The van der Waals surface area contributed by atoms with Crippen LogP contribution in [0.2, 0.25) is 0 Å². The van der Waals surface area contributed by atoms with Crippen molar-refractivity contribution in [3.8, 4) is 0 Å². The second-order valence-corrected chi connectivity index (χ2v) is 10.5. The van der Waals surface area contributed by atoms with Gasteiger partial charge < -0.3 is 10.4 Å². The van der Waals surface area contributed by atoms with Gasteiger partial charge in [-0.1, -0.05) is 11.6 Å². The number of sulfone groups is 1. The lowest BCUT2D eigenvalue weighted by Gasteiger charge is -2.31. The van der Waals surface area contributed by atoms with Crippen LogP contribution in [0.5, 0.6) is 0 Å². The quantitative estimate of drug-likeness (QED) is 0.491. The van der Waals surface area contributed by atoms with Crippen LogP contribution in [0.15, 0.2) is 52.9 Å². The Hall–Kier alpha value is -3.14. The molecule has 2 unspecified atom stereocenters. The lowest BCUT2D eigenvalue weighted by Crippen LogP contribution is -2.35. The SMILES string of the molecule is O=C(O)C=C1CC2CCC(C1)C2S(=O)(=O)c1cccc(C(=O)Nc2cc(F)c(F)c(F)c2)c1. The molecule has 6 nitrogen and oxygen atoms in total. The van der Waals surface area contributed by atoms with E-state index in [1.807, 2.05) is 0 Å². The predicted octanol–water partition coefficient (Wildman–Crippen LogP) is 4.33. The Balaban J connectivity index is 1.57. The molecule has 1 amide bonds. The molecule has 2 saturated carbocycles. The van der Waals surface area contributed by atoms with Crippen LogP contribution in [-0.2, 0) is 14.6 Å². The number of carboxylic acid groups (broad SMARTS) is 1. The van der Waals surface area contributed by atoms with E-state index in [9.17, 15) is 31.2 Å². The first kappa shape index (κ1) is 23.0. The highest BCUT2D eigenvalue weighted by molar-refractivity contribution is 7.92. The Morgan fingerprint density at radius 2 is 1.61 bits per heavy atom. The first-order chi connectivity index (χ1) is 15.6. The molecule has 2 aromatic rings. The fourth-order valence-electron chi connectivity index (χ4n) is 4.94. The Bertz CT molecular complexity index is 1240. The van der Waals surface area contributed by atoms with Crippen molar-refractivity contribution in [3.63, 3.8) is 0 Å². The lowest BCUT2D eigenvalue weighted by atomic mass is 9.84. The molecule has 0 spiro atoms. The minimum Gasteiger partial charge on any atom is -0.478 e. The van der Waals surface area contributed by atoms with Crippen LogP contribution in [0.25, 0.3) is 0 Å². The number of carboxylic acids is 1. The Morgan fingerprint density at radius 3 is 2.18 bits per heavy atom. The molecule has 2 aromatic carbocycles. The average Bonchev–Trinajstić information content (AvgIpc) is 3.03. The van der Waals surface area contributed by atoms with Crippen LogP contribution >= 0.6 is 0 Å². The number of aliphatic carboxylic acids is 1. The maximum atomic E-state index is 13.4. The number of hydrogen-bond donors (Lipinski definition) is 2. The largest absolute Gasteiger partial charge is 0.478 e. The molecule has 33 heavy (non-hydrogen) atoms. The summed E-state index contributed by atoms with van der Waals surface area (Å²) in [6, 6.07) is 6.58. The second kappa shape index (κ2) is 8.66. The standard InChI is InChI=1S/C23H20F3NO5S/c24-18-10-16(11-19(25)21(18)26)27-23(30)15-2-1-3-17(9-15)33(31,32)22-13-4-5-14(22)7-12(6-13)8-20(28)29/h1-3,8-11,13-14,22H,4-7H2,(H,27,30)(H,28,29). The summed E-state index contributed by atoms with van der Waals surface area (Å²) in [6.45, 7) is 0. The number of fused-ring (bicyclic) bond motifs is 2. The number of rotatable bonds is 5. The summed E-state index contributed by atoms with van der Waals surface area (Å²) in [7, 11) is -3.82. The van der Waals surface area contributed by atoms with E-state index in [1.165, 1.54) is 24.3 Å². The topological polar surface area (TPSA) is 101 Å². The molecule has 0 radical (unpaired) electrons. The molecular formula is C23H20F3NO5S. The van der Waals surface area contributed by atoms with Crippen molar-refractivity contribution in [2.45, 2.75) is 35.8 Å². The van der Waals surface area contributed by atoms with Gasteiger partial charge in [0.25, 0.3) is 5.91 Å². The zero-order valence-corrected chi connectivity index (χ0v) is 18.0. The van der Waals surface area contributed by atoms with Gasteiger partial charge in [0.05, 0.1) is 10.1 Å². The molecule has 2 N–H and O–H groups in total. The summed E-state index contributed by atoms with van der Waals surface area (Å²) in [6.07, 6.45) is 3.30. The fraction of sp³-hybridized carbons (Fsp3) is 0.304. The van der Waals surface area contributed by atoms with Gasteiger partial charge in [-0.05, 0) is 55.7 Å². The van der Waals surface area contributed by atoms with Crippen LogP contribution in [0.1, 0.15) is 36.0 Å². The number of halogens is 3. The maximum absolute atomic E-state index is 13.4. The van der Waals surface area contributed by atoms with E-state index in [0.29, 0.717) is 37.8 Å². The van der Waals surface area contributed by atoms with Crippen molar-refractivity contribution >= 4 is 27.4 Å². The normalized spacial score (nSPS) is 22.2. The van der Waals surface area contributed by atoms with E-state index in [-0.39, 0.29) is 28.0 Å². The number of carbonyl (C=O) groups excluding carboxylic acids is 1. The number of allylic oxidation sites excluding steroid dienone is 1. The van der Waals surface area contributed by atoms with Gasteiger partial charge in [-0.25, -0.2) is 26.4 Å². The summed E-state index contributed by atoms with van der Waals surface area (Å²) < 4.78 is 66.8. The Labute approximate surface area is 188 Å². The molecule has 2 aliphatic carbocycles. The summed E-state index contributed by atoms with van der Waals surface area (Å²) in [5, 5.41) is 10.6. The molecular weight excluding hydrogens is 459 g/mol. The highest BCUT2D eigenvalue weighted by Crippen LogP contribution is 2.49. The molecule has 2 aliphatic rings. The van der Waals surface area contributed by atoms with Gasteiger partial charge in [0, 0.05) is 29.5 Å². The molecule has 2 atom stereocenters. The summed E-state index contributed by atoms with van der Waals surface area (Å²) >= 11 is 0. The van der Waals surface area contributed by atoms with E-state index in [0.717, 1.165) is 11.6 Å². The van der Waals surface area contributed by atoms with E-state index < -0.39 is 44.4 Å². The van der Waals surface area contributed by atoms with Gasteiger partial charge in [-0.15, -0.1) is 0 Å². The van der Waals surface area contributed by atoms with E-state index in [2.05, 4.69) is 5.32 Å². The van der Waals surface area contributed by atoms with Crippen molar-refractivity contribution in [1.82, 2.24) is 0 Å². The number of hydrogen-bond acceptors (Lipinski definition) is 4. The van der Waals surface area contributed by atoms with Gasteiger partial charge in [-0.3, -0.25) is 4.79 Å². The average molecular weight is 479 g/mol. The van der Waals surface area contributed by atoms with Crippen LogP contribution in [0.3, 0.4) is 0 Å². The van der Waals surface area contributed by atoms with Crippen molar-refractivity contribution in [3.05, 3.63) is 71.1 Å². The number of benzene rings is 2. The predicted molar refractivity (Wildman–Crippen MR) is 113 cm³/mol. The Kier molecular flexibility index (Phi) is 6.04. The van der Waals surface area contributed by atoms with Crippen LogP contribution in [0, 0.1) is 29.3 Å². The van der Waals surface area contributed by atoms with Crippen LogP contribution in [-0.4, -0.2) is 30.7 Å². The second-order valence-electron chi connectivity index (χ2n) is 8.39. The van der Waals surface area contributed by atoms with Crippen molar-refractivity contribution in [2.75, 3.05) is 5.32 Å². The van der Waals surface area contributed by atoms with E-state index >= 15 is 0 Å². The Morgan fingerprint density at radius 1 is 1.00 bits per heavy atom. The third-order valence-corrected chi connectivity index (χ3v) is 8.64. The molecule has 2 fully saturated rings. The zero-order chi connectivity index (χ0) is 23.9. The van der Waals surface area contributed by atoms with Crippen molar-refractivity contribution in [2.24, 2.45) is 11.8 Å². The summed E-state index contributed by atoms with van der Waals surface area (Å²) in [5.74, 6) is -6.87. The van der Waals surface area contributed by atoms with Crippen LogP contribution in [0.4, 0.5) is 18.9 Å². The van der Waals surface area contributed by atoms with Gasteiger partial charge in [0.15, 0.2) is 27.3 Å². The van der Waals surface area contributed by atoms with Gasteiger partial charge >= 0.3 is 5.97 Å². The number of anilines is 1. The highest BCUT2D eigenvalue weighted by Gasteiger charge is 2.48. The summed E-state index contributed by atoms with van der Waals surface area (Å²) in [5.41, 5.74) is 0.372. The minimum atomic E-state index is -3.82. The molecule has 0 heterocycles. The number of amides is 1. The molecule has 0 aromatic heterocycles. The maximum Gasteiger partial charge on any atom is 0.328 e. The minimum absolute atomic E-state index is 0.0455.